The van der Waals surface area contributed by atoms with Crippen LogP contribution in [0.1, 0.15) is 17.3 Å². The molecule has 0 aliphatic carbocycles. The maximum atomic E-state index is 12.3. The number of carbonyl (C=O) groups excluding carboxylic acids is 1. The fraction of sp³-hybridized carbons (Fsp3) is 0.286. The van der Waals surface area contributed by atoms with Crippen molar-refractivity contribution >= 4 is 22.0 Å². The minimum atomic E-state index is -4.46. The minimum Gasteiger partial charge on any atom is -0.478 e. The maximum Gasteiger partial charge on any atom is 0.337 e. The number of urea groups is 1. The summed E-state index contributed by atoms with van der Waals surface area (Å²) in [5, 5.41) is 23.2. The molecule has 0 saturated heterocycles. The summed E-state index contributed by atoms with van der Waals surface area (Å²) in [5.74, 6) is -1.45. The van der Waals surface area contributed by atoms with Gasteiger partial charge in [0.1, 0.15) is 4.90 Å². The fourth-order valence-electron chi connectivity index (χ4n) is 2.24. The van der Waals surface area contributed by atoms with Crippen molar-refractivity contribution in [3.63, 3.8) is 0 Å². The number of benzene rings is 1. The van der Waals surface area contributed by atoms with Crippen LogP contribution < -0.4 is 10.0 Å². The van der Waals surface area contributed by atoms with Gasteiger partial charge in [-0.15, -0.1) is 5.06 Å². The van der Waals surface area contributed by atoms with Gasteiger partial charge in [0.2, 0.25) is 6.29 Å². The molecular weight excluding hydrogens is 368 g/mol. The van der Waals surface area contributed by atoms with Crippen LogP contribution in [0, 0.1) is 0 Å². The number of nitrogens with one attached hydrogen (secondary N) is 2. The van der Waals surface area contributed by atoms with E-state index in [0.29, 0.717) is 10.8 Å². The molecule has 1 unspecified atom stereocenters. The summed E-state index contributed by atoms with van der Waals surface area (Å²) in [6, 6.07) is 3.68. The largest absolute Gasteiger partial charge is 0.478 e. The van der Waals surface area contributed by atoms with Crippen LogP contribution in [-0.4, -0.2) is 60.8 Å². The topological polar surface area (TPSA) is 149 Å². The lowest BCUT2D eigenvalue weighted by atomic mass is 10.2. The van der Waals surface area contributed by atoms with Gasteiger partial charge in [0.05, 0.1) is 12.7 Å². The van der Waals surface area contributed by atoms with Crippen molar-refractivity contribution in [2.45, 2.75) is 18.1 Å². The van der Waals surface area contributed by atoms with E-state index in [-0.39, 0.29) is 6.54 Å². The summed E-state index contributed by atoms with van der Waals surface area (Å²) in [6.45, 7) is 1.82. The molecule has 2 rings (SSSR count). The van der Waals surface area contributed by atoms with Crippen molar-refractivity contribution in [3.8, 4) is 0 Å². The molecule has 1 aliphatic heterocycles. The van der Waals surface area contributed by atoms with Gasteiger partial charge in [-0.2, -0.15) is 0 Å². The number of nitrogens with zero attached hydrogens (tertiary/aromatic N) is 2. The van der Waals surface area contributed by atoms with E-state index in [0.717, 1.165) is 12.1 Å². The Bertz CT molecular complexity index is 839. The second kappa shape index (κ2) is 7.70. The van der Waals surface area contributed by atoms with Gasteiger partial charge in [-0.05, 0) is 25.1 Å². The van der Waals surface area contributed by atoms with Gasteiger partial charge >= 0.3 is 12.0 Å². The van der Waals surface area contributed by atoms with Crippen LogP contribution in [0.2, 0.25) is 0 Å². The second-order valence-corrected chi connectivity index (χ2v) is 6.88. The lowest BCUT2D eigenvalue weighted by Gasteiger charge is -2.38. The van der Waals surface area contributed by atoms with Crippen molar-refractivity contribution in [2.75, 3.05) is 13.7 Å². The number of carbonyl (C=O) groups is 2. The Balaban J connectivity index is 2.19. The van der Waals surface area contributed by atoms with Crippen molar-refractivity contribution in [3.05, 3.63) is 41.6 Å². The summed E-state index contributed by atoms with van der Waals surface area (Å²) in [5.41, 5.74) is -0.0609. The number of carboxylic acid groups (broad SMARTS) is 1. The summed E-state index contributed by atoms with van der Waals surface area (Å²) in [4.78, 5) is 27.7. The number of allylic oxidation sites excluding steroid dienone is 1. The number of aromatic carboxylic acids is 1. The van der Waals surface area contributed by atoms with Gasteiger partial charge in [0.15, 0.2) is 0 Å². The third kappa shape index (κ3) is 4.11. The van der Waals surface area contributed by atoms with Crippen molar-refractivity contribution in [1.29, 1.82) is 0 Å². The summed E-state index contributed by atoms with van der Waals surface area (Å²) < 4.78 is 26.4. The molecule has 26 heavy (non-hydrogen) atoms. The first kappa shape index (κ1) is 19.7. The Hall–Kier alpha value is -2.67. The lowest BCUT2D eigenvalue weighted by Crippen LogP contribution is -2.60. The predicted octanol–water partition coefficient (Wildman–Crippen LogP) is 0.128. The zero-order valence-electron chi connectivity index (χ0n) is 13.9. The molecule has 0 fully saturated rings. The molecule has 0 saturated carbocycles. The molecule has 142 valence electrons. The van der Waals surface area contributed by atoms with E-state index in [1.165, 1.54) is 24.3 Å². The smallest absolute Gasteiger partial charge is 0.337 e. The number of hydroxylamine groups is 4. The Kier molecular flexibility index (Phi) is 5.82. The molecule has 0 aromatic heterocycles. The highest BCUT2D eigenvalue weighted by Gasteiger charge is 2.31. The second-order valence-electron chi connectivity index (χ2n) is 5.23. The van der Waals surface area contributed by atoms with E-state index >= 15 is 0 Å². The number of amides is 2. The molecule has 0 spiro atoms. The van der Waals surface area contributed by atoms with E-state index in [1.54, 1.807) is 17.7 Å². The van der Waals surface area contributed by atoms with Crippen molar-refractivity contribution < 1.29 is 33.2 Å². The first-order valence-electron chi connectivity index (χ1n) is 7.28. The molecule has 2 amide bonds. The average molecular weight is 386 g/mol. The Morgan fingerprint density at radius 1 is 1.31 bits per heavy atom. The monoisotopic (exact) mass is 386 g/mol. The summed E-state index contributed by atoms with van der Waals surface area (Å²) in [7, 11) is -3.14. The predicted molar refractivity (Wildman–Crippen MR) is 87.1 cm³/mol. The standard InChI is InChI=1S/C14H18N4O7S/c1-9-7-8-17(25-2)14(18(9)22)15-13(21)16-26(23,24)11-6-4-3-5-10(11)12(19)20/h3-7,14,22H,8H2,1-2H3,(H,19,20)(H2,15,16,21). The molecule has 0 bridgehead atoms. The highest BCUT2D eigenvalue weighted by molar-refractivity contribution is 7.90. The number of hydrogen-bond donors (Lipinski definition) is 4. The van der Waals surface area contributed by atoms with Gasteiger partial charge in [0, 0.05) is 12.2 Å². The molecule has 4 N–H and O–H groups in total. The van der Waals surface area contributed by atoms with Gasteiger partial charge in [0.25, 0.3) is 10.0 Å². The van der Waals surface area contributed by atoms with E-state index in [9.17, 15) is 23.2 Å². The quantitative estimate of drug-likeness (QED) is 0.554. The van der Waals surface area contributed by atoms with Gasteiger partial charge in [-0.1, -0.05) is 12.1 Å². The van der Waals surface area contributed by atoms with Gasteiger partial charge < -0.3 is 10.4 Å². The zero-order valence-corrected chi connectivity index (χ0v) is 14.7. The third-order valence-electron chi connectivity index (χ3n) is 3.56. The SMILES string of the molecule is CON1CC=C(C)N(O)C1NC(=O)NS(=O)(=O)c1ccccc1C(=O)O. The van der Waals surface area contributed by atoms with Crippen LogP contribution in [0.5, 0.6) is 0 Å². The zero-order chi connectivity index (χ0) is 19.5. The maximum absolute atomic E-state index is 12.3. The Morgan fingerprint density at radius 3 is 2.58 bits per heavy atom. The van der Waals surface area contributed by atoms with Crippen molar-refractivity contribution in [1.82, 2.24) is 20.2 Å². The molecule has 12 heteroatoms. The van der Waals surface area contributed by atoms with Crippen LogP contribution in [0.4, 0.5) is 4.79 Å². The van der Waals surface area contributed by atoms with Gasteiger partial charge in [-0.3, -0.25) is 10.0 Å². The molecular formula is C14H18N4O7S. The highest BCUT2D eigenvalue weighted by atomic mass is 32.2. The van der Waals surface area contributed by atoms with E-state index in [2.05, 4.69) is 5.32 Å². The van der Waals surface area contributed by atoms with Crippen LogP contribution in [0.25, 0.3) is 0 Å². The molecule has 1 atom stereocenters. The Morgan fingerprint density at radius 2 is 1.96 bits per heavy atom. The molecule has 1 aliphatic rings. The normalized spacial score (nSPS) is 18.2. The first-order chi connectivity index (χ1) is 12.2. The number of rotatable bonds is 5. The third-order valence-corrected chi connectivity index (χ3v) is 4.95. The molecule has 1 heterocycles. The van der Waals surface area contributed by atoms with Crippen LogP contribution in [0.15, 0.2) is 40.9 Å². The number of hydrogen-bond acceptors (Lipinski definition) is 8. The molecule has 0 radical (unpaired) electrons. The average Bonchev–Trinajstić information content (AvgIpc) is 2.58. The minimum absolute atomic E-state index is 0.235. The van der Waals surface area contributed by atoms with Crippen LogP contribution >= 0.6 is 0 Å². The molecule has 11 nitrogen and oxygen atoms in total. The fourth-order valence-corrected chi connectivity index (χ4v) is 3.35. The summed E-state index contributed by atoms with van der Waals surface area (Å²) in [6.07, 6.45) is 0.439. The first-order valence-corrected chi connectivity index (χ1v) is 8.77. The van der Waals surface area contributed by atoms with Crippen LogP contribution in [0.3, 0.4) is 0 Å². The number of carboxylic acids is 1. The van der Waals surface area contributed by atoms with E-state index < -0.39 is 38.8 Å². The van der Waals surface area contributed by atoms with Crippen LogP contribution in [-0.2, 0) is 14.9 Å². The molecule has 1 aromatic carbocycles. The van der Waals surface area contributed by atoms with E-state index in [1.807, 2.05) is 0 Å². The summed E-state index contributed by atoms with van der Waals surface area (Å²) >= 11 is 0. The number of sulfonamides is 1. The van der Waals surface area contributed by atoms with Crippen molar-refractivity contribution in [2.24, 2.45) is 0 Å². The highest BCUT2D eigenvalue weighted by Crippen LogP contribution is 2.16. The van der Waals surface area contributed by atoms with Gasteiger partial charge in [-0.25, -0.2) is 27.8 Å². The molecule has 1 aromatic rings. The Labute approximate surface area is 149 Å². The lowest BCUT2D eigenvalue weighted by molar-refractivity contribution is -0.262. The van der Waals surface area contributed by atoms with E-state index in [4.69, 9.17) is 9.94 Å².